The number of carbonyl (C=O) groups is 3. The predicted molar refractivity (Wildman–Crippen MR) is 70.0 cm³/mol. The number of carboxylic acids is 1. The Kier molecular flexibility index (Phi) is 6.34. The molecule has 0 aliphatic carbocycles. The Labute approximate surface area is 120 Å². The zero-order valence-corrected chi connectivity index (χ0v) is 11.8. The molecule has 1 amide bonds. The van der Waals surface area contributed by atoms with E-state index in [0.717, 1.165) is 11.2 Å². The summed E-state index contributed by atoms with van der Waals surface area (Å²) in [6.07, 6.45) is 1.11. The monoisotopic (exact) mass is 299 g/mol. The normalized spacial score (nSPS) is 10.2. The molecule has 0 spiro atoms. The van der Waals surface area contributed by atoms with Gasteiger partial charge in [0.1, 0.15) is 6.54 Å². The highest BCUT2D eigenvalue weighted by Crippen LogP contribution is 2.08. The number of aromatic amines is 1. The van der Waals surface area contributed by atoms with Crippen molar-refractivity contribution >= 4 is 17.8 Å². The van der Waals surface area contributed by atoms with Gasteiger partial charge in [-0.05, 0) is 6.92 Å². The van der Waals surface area contributed by atoms with Gasteiger partial charge in [0.2, 0.25) is 0 Å². The maximum absolute atomic E-state index is 12.3. The SMILES string of the molecule is CCOC(=O)CN(CCOC)C(=O)c1nc[nH]c1C(=O)O. The van der Waals surface area contributed by atoms with E-state index in [1.807, 2.05) is 0 Å². The van der Waals surface area contributed by atoms with E-state index in [2.05, 4.69) is 9.97 Å². The number of rotatable bonds is 8. The number of carbonyl (C=O) groups excluding carboxylic acids is 2. The number of hydrogen-bond donors (Lipinski definition) is 2. The average molecular weight is 299 g/mol. The quantitative estimate of drug-likeness (QED) is 0.635. The number of esters is 1. The van der Waals surface area contributed by atoms with Gasteiger partial charge in [-0.3, -0.25) is 9.59 Å². The Morgan fingerprint density at radius 3 is 2.71 bits per heavy atom. The molecule has 0 radical (unpaired) electrons. The van der Waals surface area contributed by atoms with Crippen molar-refractivity contribution < 1.29 is 29.0 Å². The molecule has 0 saturated heterocycles. The summed E-state index contributed by atoms with van der Waals surface area (Å²) < 4.78 is 9.65. The van der Waals surface area contributed by atoms with Gasteiger partial charge in [-0.2, -0.15) is 0 Å². The zero-order valence-electron chi connectivity index (χ0n) is 11.8. The molecule has 2 N–H and O–H groups in total. The van der Waals surface area contributed by atoms with E-state index in [0.29, 0.717) is 0 Å². The third-order valence-corrected chi connectivity index (χ3v) is 2.53. The number of nitrogens with zero attached hydrogens (tertiary/aromatic N) is 2. The standard InChI is InChI=1S/C12H17N3O6/c1-3-21-8(16)6-15(4-5-20-2)11(17)9-10(12(18)19)14-7-13-9/h7H,3-6H2,1-2H3,(H,13,14)(H,18,19). The lowest BCUT2D eigenvalue weighted by Gasteiger charge is -2.20. The van der Waals surface area contributed by atoms with Crippen molar-refractivity contribution in [1.82, 2.24) is 14.9 Å². The molecule has 1 rings (SSSR count). The van der Waals surface area contributed by atoms with Gasteiger partial charge < -0.3 is 24.5 Å². The largest absolute Gasteiger partial charge is 0.477 e. The van der Waals surface area contributed by atoms with Gasteiger partial charge in [0, 0.05) is 13.7 Å². The van der Waals surface area contributed by atoms with Crippen molar-refractivity contribution in [3.05, 3.63) is 17.7 Å². The fourth-order valence-electron chi connectivity index (χ4n) is 1.59. The minimum Gasteiger partial charge on any atom is -0.477 e. The highest BCUT2D eigenvalue weighted by molar-refractivity contribution is 6.02. The highest BCUT2D eigenvalue weighted by Gasteiger charge is 2.26. The summed E-state index contributed by atoms with van der Waals surface area (Å²) in [5.41, 5.74) is -0.589. The molecular weight excluding hydrogens is 282 g/mol. The molecule has 116 valence electrons. The Bertz CT molecular complexity index is 513. The van der Waals surface area contributed by atoms with Crippen LogP contribution in [-0.2, 0) is 14.3 Å². The lowest BCUT2D eigenvalue weighted by molar-refractivity contribution is -0.143. The van der Waals surface area contributed by atoms with Crippen molar-refractivity contribution in [2.45, 2.75) is 6.92 Å². The van der Waals surface area contributed by atoms with Gasteiger partial charge in [-0.1, -0.05) is 0 Å². The Hall–Kier alpha value is -2.42. The summed E-state index contributed by atoms with van der Waals surface area (Å²) >= 11 is 0. The van der Waals surface area contributed by atoms with Crippen LogP contribution in [0.25, 0.3) is 0 Å². The third kappa shape index (κ3) is 4.56. The highest BCUT2D eigenvalue weighted by atomic mass is 16.5. The maximum Gasteiger partial charge on any atom is 0.354 e. The molecule has 0 unspecified atom stereocenters. The van der Waals surface area contributed by atoms with Crippen molar-refractivity contribution in [2.75, 3.05) is 33.4 Å². The average Bonchev–Trinajstić information content (AvgIpc) is 2.92. The van der Waals surface area contributed by atoms with Crippen molar-refractivity contribution in [3.63, 3.8) is 0 Å². The minimum absolute atomic E-state index is 0.111. The van der Waals surface area contributed by atoms with Crippen LogP contribution in [0.1, 0.15) is 27.9 Å². The molecule has 0 fully saturated rings. The van der Waals surface area contributed by atoms with Gasteiger partial charge in [0.15, 0.2) is 11.4 Å². The first kappa shape index (κ1) is 16.6. The molecule has 0 aliphatic heterocycles. The van der Waals surface area contributed by atoms with Crippen LogP contribution >= 0.6 is 0 Å². The van der Waals surface area contributed by atoms with E-state index in [1.54, 1.807) is 6.92 Å². The summed E-state index contributed by atoms with van der Waals surface area (Å²) in [6.45, 7) is 1.84. The Morgan fingerprint density at radius 2 is 2.14 bits per heavy atom. The van der Waals surface area contributed by atoms with Crippen molar-refractivity contribution in [3.8, 4) is 0 Å². The second kappa shape index (κ2) is 8.00. The van der Waals surface area contributed by atoms with Gasteiger partial charge in [0.25, 0.3) is 5.91 Å². The fourth-order valence-corrected chi connectivity index (χ4v) is 1.59. The number of ether oxygens (including phenoxy) is 2. The Balaban J connectivity index is 2.90. The summed E-state index contributed by atoms with van der Waals surface area (Å²) in [4.78, 5) is 42.0. The van der Waals surface area contributed by atoms with Crippen LogP contribution < -0.4 is 0 Å². The van der Waals surface area contributed by atoms with E-state index in [1.165, 1.54) is 7.11 Å². The Morgan fingerprint density at radius 1 is 1.43 bits per heavy atom. The first-order valence-electron chi connectivity index (χ1n) is 6.21. The van der Waals surface area contributed by atoms with Crippen molar-refractivity contribution in [2.24, 2.45) is 0 Å². The molecule has 1 aromatic heterocycles. The number of nitrogens with one attached hydrogen (secondary N) is 1. The number of aromatic carboxylic acids is 1. The van der Waals surface area contributed by atoms with E-state index in [9.17, 15) is 14.4 Å². The third-order valence-electron chi connectivity index (χ3n) is 2.53. The first-order chi connectivity index (χ1) is 10.0. The van der Waals surface area contributed by atoms with Crippen LogP contribution in [0.15, 0.2) is 6.33 Å². The second-order valence-electron chi connectivity index (χ2n) is 3.96. The number of H-pyrrole nitrogens is 1. The molecule has 0 aromatic carbocycles. The lowest BCUT2D eigenvalue weighted by atomic mass is 10.2. The van der Waals surface area contributed by atoms with Gasteiger partial charge in [-0.15, -0.1) is 0 Å². The smallest absolute Gasteiger partial charge is 0.354 e. The molecular formula is C12H17N3O6. The van der Waals surface area contributed by atoms with E-state index >= 15 is 0 Å². The summed E-state index contributed by atoms with van der Waals surface area (Å²) in [6, 6.07) is 0. The van der Waals surface area contributed by atoms with Crippen LogP contribution in [0.2, 0.25) is 0 Å². The van der Waals surface area contributed by atoms with Crippen LogP contribution in [-0.4, -0.2) is 71.2 Å². The fraction of sp³-hybridized carbons (Fsp3) is 0.500. The number of methoxy groups -OCH3 is 1. The molecule has 1 aromatic rings. The van der Waals surface area contributed by atoms with E-state index in [4.69, 9.17) is 14.6 Å². The lowest BCUT2D eigenvalue weighted by Crippen LogP contribution is -2.39. The number of aromatic nitrogens is 2. The van der Waals surface area contributed by atoms with Gasteiger partial charge >= 0.3 is 11.9 Å². The van der Waals surface area contributed by atoms with Gasteiger partial charge in [0.05, 0.1) is 19.5 Å². The van der Waals surface area contributed by atoms with Crippen LogP contribution in [0.3, 0.4) is 0 Å². The summed E-state index contributed by atoms with van der Waals surface area (Å²) in [5, 5.41) is 8.97. The molecule has 1 heterocycles. The molecule has 9 nitrogen and oxygen atoms in total. The molecule has 0 atom stereocenters. The zero-order chi connectivity index (χ0) is 15.8. The van der Waals surface area contributed by atoms with Crippen LogP contribution in [0.5, 0.6) is 0 Å². The summed E-state index contributed by atoms with van der Waals surface area (Å²) in [5.74, 6) is -2.58. The molecule has 21 heavy (non-hydrogen) atoms. The predicted octanol–water partition coefficient (Wildman–Crippen LogP) is -0.240. The molecule has 0 bridgehead atoms. The number of hydrogen-bond acceptors (Lipinski definition) is 6. The van der Waals surface area contributed by atoms with Crippen molar-refractivity contribution in [1.29, 1.82) is 0 Å². The number of amides is 1. The summed E-state index contributed by atoms with van der Waals surface area (Å²) in [7, 11) is 1.45. The second-order valence-corrected chi connectivity index (χ2v) is 3.96. The van der Waals surface area contributed by atoms with Crippen LogP contribution in [0.4, 0.5) is 0 Å². The molecule has 9 heteroatoms. The molecule has 0 aliphatic rings. The molecule has 0 saturated carbocycles. The van der Waals surface area contributed by atoms with Crippen LogP contribution in [0, 0.1) is 0 Å². The number of carboxylic acid groups (broad SMARTS) is 1. The topological polar surface area (TPSA) is 122 Å². The van der Waals surface area contributed by atoms with E-state index in [-0.39, 0.29) is 37.7 Å². The first-order valence-corrected chi connectivity index (χ1v) is 6.21. The minimum atomic E-state index is -1.31. The van der Waals surface area contributed by atoms with Gasteiger partial charge in [-0.25, -0.2) is 9.78 Å². The number of imidazole rings is 1. The van der Waals surface area contributed by atoms with E-state index < -0.39 is 17.8 Å². The maximum atomic E-state index is 12.3.